The first-order valence-corrected chi connectivity index (χ1v) is 5.74. The number of tetrazole rings is 1. The van der Waals surface area contributed by atoms with Gasteiger partial charge in [0.25, 0.3) is 0 Å². The van der Waals surface area contributed by atoms with Crippen molar-refractivity contribution in [2.45, 2.75) is 18.9 Å². The van der Waals surface area contributed by atoms with Crippen LogP contribution in [-0.4, -0.2) is 27.3 Å². The molecule has 5 nitrogen and oxygen atoms in total. The highest BCUT2D eigenvalue weighted by molar-refractivity contribution is 5.18. The van der Waals surface area contributed by atoms with Gasteiger partial charge in [-0.15, -0.1) is 10.2 Å². The first-order valence-electron chi connectivity index (χ1n) is 5.74. The lowest BCUT2D eigenvalue weighted by atomic mass is 10.0. The van der Waals surface area contributed by atoms with E-state index < -0.39 is 0 Å². The quantitative estimate of drug-likeness (QED) is 0.837. The highest BCUT2D eigenvalue weighted by Crippen LogP contribution is 2.17. The van der Waals surface area contributed by atoms with Crippen molar-refractivity contribution in [2.75, 3.05) is 7.05 Å². The number of hydrogen-bond acceptors (Lipinski definition) is 4. The monoisotopic (exact) mass is 231 g/mol. The van der Waals surface area contributed by atoms with E-state index >= 15 is 0 Å². The molecule has 0 saturated carbocycles. The van der Waals surface area contributed by atoms with Crippen molar-refractivity contribution < 1.29 is 0 Å². The van der Waals surface area contributed by atoms with Crippen molar-refractivity contribution in [1.29, 1.82) is 0 Å². The molecule has 1 N–H and O–H groups in total. The average molecular weight is 231 g/mol. The summed E-state index contributed by atoms with van der Waals surface area (Å²) >= 11 is 0. The predicted molar refractivity (Wildman–Crippen MR) is 65.4 cm³/mol. The molecule has 0 aliphatic rings. The van der Waals surface area contributed by atoms with Gasteiger partial charge < -0.3 is 5.32 Å². The molecule has 0 spiro atoms. The van der Waals surface area contributed by atoms with Crippen LogP contribution < -0.4 is 5.32 Å². The zero-order valence-corrected chi connectivity index (χ0v) is 10.2. The summed E-state index contributed by atoms with van der Waals surface area (Å²) in [6.45, 7) is 0. The van der Waals surface area contributed by atoms with Crippen LogP contribution in [0.25, 0.3) is 0 Å². The van der Waals surface area contributed by atoms with Crippen molar-refractivity contribution in [3.8, 4) is 0 Å². The normalized spacial score (nSPS) is 12.6. The van der Waals surface area contributed by atoms with Crippen LogP contribution in [0, 0.1) is 0 Å². The van der Waals surface area contributed by atoms with Crippen molar-refractivity contribution in [2.24, 2.45) is 7.05 Å². The molecule has 0 saturated heterocycles. The predicted octanol–water partition coefficient (Wildman–Crippen LogP) is 1.10. The van der Waals surface area contributed by atoms with E-state index in [2.05, 4.69) is 45.0 Å². The van der Waals surface area contributed by atoms with E-state index in [9.17, 15) is 0 Å². The maximum absolute atomic E-state index is 4.18. The Hall–Kier alpha value is -1.75. The second-order valence-electron chi connectivity index (χ2n) is 3.99. The Balaban J connectivity index is 1.97. The molecule has 1 aromatic heterocycles. The molecule has 0 aliphatic heterocycles. The number of nitrogens with zero attached hydrogens (tertiary/aromatic N) is 4. The Kier molecular flexibility index (Phi) is 3.82. The third kappa shape index (κ3) is 3.10. The van der Waals surface area contributed by atoms with Crippen LogP contribution in [0.4, 0.5) is 0 Å². The molecule has 5 heteroatoms. The molecule has 1 heterocycles. The minimum atomic E-state index is 0.333. The standard InChI is InChI=1S/C12H17N5/c1-13-11(10-6-4-3-5-7-10)8-9-12-14-16-17(2)15-12/h3-7,11,13H,8-9H2,1-2H3. The van der Waals surface area contributed by atoms with Gasteiger partial charge in [0.1, 0.15) is 0 Å². The van der Waals surface area contributed by atoms with Gasteiger partial charge >= 0.3 is 0 Å². The van der Waals surface area contributed by atoms with E-state index in [4.69, 9.17) is 0 Å². The molecule has 1 atom stereocenters. The number of aryl methyl sites for hydroxylation is 2. The number of benzene rings is 1. The summed E-state index contributed by atoms with van der Waals surface area (Å²) in [5.41, 5.74) is 1.29. The van der Waals surface area contributed by atoms with Gasteiger partial charge in [-0.2, -0.15) is 4.80 Å². The highest BCUT2D eigenvalue weighted by atomic mass is 15.6. The Morgan fingerprint density at radius 2 is 2.06 bits per heavy atom. The van der Waals surface area contributed by atoms with Crippen LogP contribution in [0.1, 0.15) is 23.9 Å². The Morgan fingerprint density at radius 3 is 2.65 bits per heavy atom. The fourth-order valence-corrected chi connectivity index (χ4v) is 1.86. The summed E-state index contributed by atoms with van der Waals surface area (Å²) in [7, 11) is 3.75. The van der Waals surface area contributed by atoms with E-state index in [1.54, 1.807) is 7.05 Å². The van der Waals surface area contributed by atoms with E-state index in [0.717, 1.165) is 18.7 Å². The topological polar surface area (TPSA) is 55.6 Å². The lowest BCUT2D eigenvalue weighted by Crippen LogP contribution is -2.17. The molecule has 2 rings (SSSR count). The lowest BCUT2D eigenvalue weighted by molar-refractivity contribution is 0.539. The van der Waals surface area contributed by atoms with Crippen LogP contribution >= 0.6 is 0 Å². The summed E-state index contributed by atoms with van der Waals surface area (Å²) in [6, 6.07) is 10.7. The smallest absolute Gasteiger partial charge is 0.174 e. The summed E-state index contributed by atoms with van der Waals surface area (Å²) in [5.74, 6) is 0.795. The Labute approximate surface area is 101 Å². The molecule has 1 aromatic carbocycles. The van der Waals surface area contributed by atoms with Gasteiger partial charge in [0, 0.05) is 12.5 Å². The van der Waals surface area contributed by atoms with Crippen LogP contribution in [0.5, 0.6) is 0 Å². The Morgan fingerprint density at radius 1 is 1.29 bits per heavy atom. The maximum atomic E-state index is 4.18. The van der Waals surface area contributed by atoms with Gasteiger partial charge in [0.05, 0.1) is 7.05 Å². The second-order valence-corrected chi connectivity index (χ2v) is 3.99. The van der Waals surface area contributed by atoms with Crippen LogP contribution in [0.3, 0.4) is 0 Å². The van der Waals surface area contributed by atoms with E-state index in [0.29, 0.717) is 6.04 Å². The van der Waals surface area contributed by atoms with Gasteiger partial charge in [-0.1, -0.05) is 30.3 Å². The molecular weight excluding hydrogens is 214 g/mol. The number of nitrogens with one attached hydrogen (secondary N) is 1. The summed E-state index contributed by atoms with van der Waals surface area (Å²) in [5, 5.41) is 15.3. The van der Waals surface area contributed by atoms with Crippen molar-refractivity contribution in [1.82, 2.24) is 25.5 Å². The SMILES string of the molecule is CNC(CCc1nnn(C)n1)c1ccccc1. The number of hydrogen-bond donors (Lipinski definition) is 1. The van der Waals surface area contributed by atoms with Gasteiger partial charge in [-0.05, 0) is 24.2 Å². The third-order valence-electron chi connectivity index (χ3n) is 2.76. The van der Waals surface area contributed by atoms with Crippen molar-refractivity contribution in [3.63, 3.8) is 0 Å². The molecule has 0 radical (unpaired) electrons. The molecule has 17 heavy (non-hydrogen) atoms. The molecule has 0 bridgehead atoms. The average Bonchev–Trinajstić information content (AvgIpc) is 2.77. The minimum Gasteiger partial charge on any atom is -0.313 e. The maximum Gasteiger partial charge on any atom is 0.174 e. The Bertz CT molecular complexity index is 451. The summed E-state index contributed by atoms with van der Waals surface area (Å²) < 4.78 is 0. The fourth-order valence-electron chi connectivity index (χ4n) is 1.86. The van der Waals surface area contributed by atoms with E-state index in [1.807, 2.05) is 13.1 Å². The fraction of sp³-hybridized carbons (Fsp3) is 0.417. The molecule has 0 aliphatic carbocycles. The first-order chi connectivity index (χ1) is 8.29. The number of aromatic nitrogens is 4. The third-order valence-corrected chi connectivity index (χ3v) is 2.76. The summed E-state index contributed by atoms with van der Waals surface area (Å²) in [4.78, 5) is 1.49. The van der Waals surface area contributed by atoms with Gasteiger partial charge in [-0.3, -0.25) is 0 Å². The van der Waals surface area contributed by atoms with Crippen LogP contribution in [0.2, 0.25) is 0 Å². The van der Waals surface area contributed by atoms with Crippen molar-refractivity contribution >= 4 is 0 Å². The zero-order chi connectivity index (χ0) is 12.1. The minimum absolute atomic E-state index is 0.333. The second kappa shape index (κ2) is 5.54. The molecule has 0 fully saturated rings. The van der Waals surface area contributed by atoms with Crippen LogP contribution in [-0.2, 0) is 13.5 Å². The molecule has 2 aromatic rings. The molecule has 1 unspecified atom stereocenters. The van der Waals surface area contributed by atoms with Crippen LogP contribution in [0.15, 0.2) is 30.3 Å². The highest BCUT2D eigenvalue weighted by Gasteiger charge is 2.10. The van der Waals surface area contributed by atoms with Gasteiger partial charge in [0.15, 0.2) is 5.82 Å². The molecule has 0 amide bonds. The number of rotatable bonds is 5. The molecular formula is C12H17N5. The van der Waals surface area contributed by atoms with Crippen molar-refractivity contribution in [3.05, 3.63) is 41.7 Å². The zero-order valence-electron chi connectivity index (χ0n) is 10.2. The first kappa shape index (κ1) is 11.7. The molecule has 90 valence electrons. The van der Waals surface area contributed by atoms with E-state index in [-0.39, 0.29) is 0 Å². The largest absolute Gasteiger partial charge is 0.313 e. The van der Waals surface area contributed by atoms with Gasteiger partial charge in [-0.25, -0.2) is 0 Å². The lowest BCUT2D eigenvalue weighted by Gasteiger charge is -2.15. The van der Waals surface area contributed by atoms with E-state index in [1.165, 1.54) is 10.4 Å². The summed E-state index contributed by atoms with van der Waals surface area (Å²) in [6.07, 6.45) is 1.79. The van der Waals surface area contributed by atoms with Gasteiger partial charge in [0.2, 0.25) is 0 Å².